The molecule has 0 bridgehead atoms. The maximum absolute atomic E-state index is 13.3. The molecule has 4 nitrogen and oxygen atoms in total. The molecular weight excluding hydrogens is 350 g/mol. The van der Waals surface area contributed by atoms with Crippen LogP contribution in [-0.2, 0) is 16.0 Å². The van der Waals surface area contributed by atoms with Crippen LogP contribution >= 0.6 is 0 Å². The van der Waals surface area contributed by atoms with Gasteiger partial charge in [0, 0.05) is 18.3 Å². The zero-order valence-electron chi connectivity index (χ0n) is 16.5. The third-order valence-electron chi connectivity index (χ3n) is 4.34. The zero-order chi connectivity index (χ0) is 20.1. The molecule has 0 radical (unpaired) electrons. The molecule has 3 aromatic rings. The molecule has 28 heavy (non-hydrogen) atoms. The van der Waals surface area contributed by atoms with E-state index in [1.54, 1.807) is 12.3 Å². The van der Waals surface area contributed by atoms with Crippen molar-refractivity contribution >= 4 is 11.9 Å². The van der Waals surface area contributed by atoms with Crippen LogP contribution in [0, 0.1) is 0 Å². The van der Waals surface area contributed by atoms with Crippen molar-refractivity contribution in [3.8, 4) is 0 Å². The third kappa shape index (κ3) is 4.77. The highest BCUT2D eigenvalue weighted by molar-refractivity contribution is 5.91. The first-order valence-corrected chi connectivity index (χ1v) is 9.37. The number of Topliss-reactive ketones (excluding diaryl/α,β-unsaturated/α-hetero) is 1. The van der Waals surface area contributed by atoms with E-state index in [0.717, 1.165) is 11.1 Å². The molecule has 0 saturated carbocycles. The Balaban J connectivity index is 1.98. The van der Waals surface area contributed by atoms with E-state index in [2.05, 4.69) is 0 Å². The molecule has 4 heteroatoms. The summed E-state index contributed by atoms with van der Waals surface area (Å²) in [6, 6.07) is 22.8. The van der Waals surface area contributed by atoms with E-state index in [0.29, 0.717) is 12.1 Å². The Bertz CT molecular complexity index is 937. The molecule has 3 rings (SSSR count). The van der Waals surface area contributed by atoms with Gasteiger partial charge in [-0.25, -0.2) is 4.79 Å². The lowest BCUT2D eigenvalue weighted by Crippen LogP contribution is -2.29. The highest BCUT2D eigenvalue weighted by Gasteiger charge is 2.28. The lowest BCUT2D eigenvalue weighted by atomic mass is 9.88. The minimum atomic E-state index is -0.616. The SMILES string of the molecule is CC(C)(C)OC(=O)n1cccc1C(C(=O)Cc1ccccc1)c1ccccc1. The van der Waals surface area contributed by atoms with Crippen LogP contribution in [0.3, 0.4) is 0 Å². The van der Waals surface area contributed by atoms with E-state index in [-0.39, 0.29) is 5.78 Å². The van der Waals surface area contributed by atoms with E-state index in [1.807, 2.05) is 87.5 Å². The van der Waals surface area contributed by atoms with Crippen LogP contribution < -0.4 is 0 Å². The molecule has 0 aliphatic heterocycles. The van der Waals surface area contributed by atoms with Gasteiger partial charge in [-0.1, -0.05) is 60.7 Å². The number of carbonyl (C=O) groups excluding carboxylic acids is 2. The molecule has 0 aliphatic rings. The number of carbonyl (C=O) groups is 2. The number of ether oxygens (including phenoxy) is 1. The van der Waals surface area contributed by atoms with E-state index >= 15 is 0 Å². The Hall–Kier alpha value is -3.14. The van der Waals surface area contributed by atoms with Crippen LogP contribution in [0.1, 0.15) is 43.5 Å². The van der Waals surface area contributed by atoms with Crippen molar-refractivity contribution in [3.05, 3.63) is 95.8 Å². The second-order valence-electron chi connectivity index (χ2n) is 7.76. The summed E-state index contributed by atoms with van der Waals surface area (Å²) in [4.78, 5) is 26.0. The number of benzene rings is 2. The summed E-state index contributed by atoms with van der Waals surface area (Å²) >= 11 is 0. The smallest absolute Gasteiger partial charge is 0.418 e. The van der Waals surface area contributed by atoms with Gasteiger partial charge in [-0.3, -0.25) is 9.36 Å². The van der Waals surface area contributed by atoms with Crippen LogP contribution in [-0.4, -0.2) is 22.0 Å². The minimum Gasteiger partial charge on any atom is -0.443 e. The van der Waals surface area contributed by atoms with Gasteiger partial charge in [0.15, 0.2) is 5.78 Å². The summed E-state index contributed by atoms with van der Waals surface area (Å²) < 4.78 is 6.96. The van der Waals surface area contributed by atoms with Gasteiger partial charge in [0.2, 0.25) is 0 Å². The van der Waals surface area contributed by atoms with Crippen molar-refractivity contribution in [3.63, 3.8) is 0 Å². The van der Waals surface area contributed by atoms with Crippen LogP contribution in [0.5, 0.6) is 0 Å². The fourth-order valence-electron chi connectivity index (χ4n) is 3.17. The van der Waals surface area contributed by atoms with Gasteiger partial charge in [0.05, 0.1) is 5.92 Å². The summed E-state index contributed by atoms with van der Waals surface area (Å²) in [7, 11) is 0. The van der Waals surface area contributed by atoms with Crippen LogP contribution in [0.2, 0.25) is 0 Å². The number of rotatable bonds is 5. The second-order valence-corrected chi connectivity index (χ2v) is 7.76. The van der Waals surface area contributed by atoms with Gasteiger partial charge in [-0.05, 0) is 44.0 Å². The van der Waals surface area contributed by atoms with E-state index < -0.39 is 17.6 Å². The number of ketones is 1. The van der Waals surface area contributed by atoms with Gasteiger partial charge >= 0.3 is 6.09 Å². The molecule has 2 aromatic carbocycles. The van der Waals surface area contributed by atoms with Crippen LogP contribution in [0.15, 0.2) is 79.0 Å². The summed E-state index contributed by atoms with van der Waals surface area (Å²) in [5, 5.41) is 0. The van der Waals surface area contributed by atoms with Gasteiger partial charge < -0.3 is 4.74 Å². The maximum Gasteiger partial charge on any atom is 0.418 e. The normalized spacial score (nSPS) is 12.4. The van der Waals surface area contributed by atoms with E-state index in [9.17, 15) is 9.59 Å². The molecule has 1 unspecified atom stereocenters. The minimum absolute atomic E-state index is 0.0286. The fourth-order valence-corrected chi connectivity index (χ4v) is 3.17. The predicted molar refractivity (Wildman–Crippen MR) is 110 cm³/mol. The van der Waals surface area contributed by atoms with Gasteiger partial charge in [0.1, 0.15) is 5.60 Å². The Morgan fingerprint density at radius 1 is 0.893 bits per heavy atom. The van der Waals surface area contributed by atoms with Crippen LogP contribution in [0.4, 0.5) is 4.79 Å². The van der Waals surface area contributed by atoms with Gasteiger partial charge in [-0.15, -0.1) is 0 Å². The van der Waals surface area contributed by atoms with Crippen molar-refractivity contribution in [1.82, 2.24) is 4.57 Å². The third-order valence-corrected chi connectivity index (χ3v) is 4.34. The lowest BCUT2D eigenvalue weighted by molar-refractivity contribution is -0.119. The molecule has 144 valence electrons. The Morgan fingerprint density at radius 2 is 1.50 bits per heavy atom. The number of hydrogen-bond acceptors (Lipinski definition) is 3. The van der Waals surface area contributed by atoms with E-state index in [4.69, 9.17) is 4.74 Å². The standard InChI is InChI=1S/C24H25NO3/c1-24(2,3)28-23(27)25-16-10-15-20(25)22(19-13-8-5-9-14-19)21(26)17-18-11-6-4-7-12-18/h4-16,22H,17H2,1-3H3. The summed E-state index contributed by atoms with van der Waals surface area (Å²) in [5.74, 6) is -0.523. The highest BCUT2D eigenvalue weighted by Crippen LogP contribution is 2.28. The van der Waals surface area contributed by atoms with E-state index in [1.165, 1.54) is 4.57 Å². The van der Waals surface area contributed by atoms with Crippen molar-refractivity contribution in [2.75, 3.05) is 0 Å². The Kier molecular flexibility index (Phi) is 5.78. The molecule has 1 aromatic heterocycles. The summed E-state index contributed by atoms with van der Waals surface area (Å²) in [5.41, 5.74) is 1.80. The lowest BCUT2D eigenvalue weighted by Gasteiger charge is -2.23. The molecule has 0 aliphatic carbocycles. The first kappa shape index (κ1) is 19.6. The molecule has 1 heterocycles. The quantitative estimate of drug-likeness (QED) is 0.615. The molecule has 0 saturated heterocycles. The first-order chi connectivity index (χ1) is 13.3. The van der Waals surface area contributed by atoms with Crippen LogP contribution in [0.25, 0.3) is 0 Å². The average molecular weight is 375 g/mol. The summed E-state index contributed by atoms with van der Waals surface area (Å²) in [6.07, 6.45) is 1.45. The first-order valence-electron chi connectivity index (χ1n) is 9.37. The molecule has 0 amide bonds. The molecule has 0 N–H and O–H groups in total. The molecule has 0 spiro atoms. The van der Waals surface area contributed by atoms with Gasteiger partial charge in [-0.2, -0.15) is 0 Å². The Morgan fingerprint density at radius 3 is 2.11 bits per heavy atom. The zero-order valence-corrected chi connectivity index (χ0v) is 16.5. The molecule has 1 atom stereocenters. The van der Waals surface area contributed by atoms with Gasteiger partial charge in [0.25, 0.3) is 0 Å². The van der Waals surface area contributed by atoms with Crippen molar-refractivity contribution in [1.29, 1.82) is 0 Å². The van der Waals surface area contributed by atoms with Crippen molar-refractivity contribution in [2.24, 2.45) is 0 Å². The number of aromatic nitrogens is 1. The maximum atomic E-state index is 13.3. The monoisotopic (exact) mass is 375 g/mol. The topological polar surface area (TPSA) is 48.3 Å². The number of hydrogen-bond donors (Lipinski definition) is 0. The Labute approximate surface area is 165 Å². The van der Waals surface area contributed by atoms with Crippen molar-refractivity contribution in [2.45, 2.75) is 38.7 Å². The summed E-state index contributed by atoms with van der Waals surface area (Å²) in [6.45, 7) is 5.47. The fraction of sp³-hybridized carbons (Fsp3) is 0.250. The second kappa shape index (κ2) is 8.26. The predicted octanol–water partition coefficient (Wildman–Crippen LogP) is 5.22. The number of nitrogens with zero attached hydrogens (tertiary/aromatic N) is 1. The molecular formula is C24H25NO3. The highest BCUT2D eigenvalue weighted by atomic mass is 16.6. The largest absolute Gasteiger partial charge is 0.443 e. The average Bonchev–Trinajstić information content (AvgIpc) is 3.12. The molecule has 0 fully saturated rings. The van der Waals surface area contributed by atoms with Crippen molar-refractivity contribution < 1.29 is 14.3 Å².